The smallest absolute Gasteiger partial charge is 0.263 e. The minimum Gasteiger partial charge on any atom is -0.383 e. The van der Waals surface area contributed by atoms with Gasteiger partial charge in [-0.05, 0) is 82.9 Å². The lowest BCUT2D eigenvalue weighted by atomic mass is 10.0. The lowest BCUT2D eigenvalue weighted by Gasteiger charge is -2.35. The molecule has 22 heteroatoms. The van der Waals surface area contributed by atoms with Crippen LogP contribution in [0.1, 0.15) is 81.1 Å². The Hall–Kier alpha value is -5.98. The molecule has 2 amide bonds. The van der Waals surface area contributed by atoms with E-state index in [0.29, 0.717) is 138 Å². The SMILES string of the molecule is CC(=O)c1c(C)c2cnc(Nc3ccc(N4CCN(CC(=O)NCCOCCOCCOCCOCCOCCOCCNc5ccc(C)c(C(=O)Nc6nc(C)c(C)s6)c5)CC4)cn3)nc2n(C2CCCC2)c1=O. The van der Waals surface area contributed by atoms with Crippen molar-refractivity contribution in [2.45, 2.75) is 66.3 Å². The highest BCUT2D eigenvalue weighted by molar-refractivity contribution is 7.15. The molecule has 1 aliphatic carbocycles. The number of carbonyl (C=O) groups excluding carboxylic acids is 3. The van der Waals surface area contributed by atoms with Gasteiger partial charge in [0.05, 0.1) is 109 Å². The highest BCUT2D eigenvalue weighted by Gasteiger charge is 2.26. The Labute approximate surface area is 442 Å². The molecule has 0 radical (unpaired) electrons. The summed E-state index contributed by atoms with van der Waals surface area (Å²) in [4.78, 5) is 75.3. The van der Waals surface area contributed by atoms with Crippen LogP contribution in [-0.4, -0.2) is 172 Å². The van der Waals surface area contributed by atoms with Crippen LogP contribution >= 0.6 is 11.3 Å². The maximum atomic E-state index is 13.6. The number of ether oxygens (including phenoxy) is 6. The van der Waals surface area contributed by atoms with Crippen molar-refractivity contribution in [2.75, 3.05) is 146 Å². The summed E-state index contributed by atoms with van der Waals surface area (Å²) in [6, 6.07) is 9.58. The van der Waals surface area contributed by atoms with Gasteiger partial charge in [0.15, 0.2) is 10.9 Å². The van der Waals surface area contributed by atoms with Gasteiger partial charge in [0.1, 0.15) is 11.5 Å². The summed E-state index contributed by atoms with van der Waals surface area (Å²) >= 11 is 1.47. The summed E-state index contributed by atoms with van der Waals surface area (Å²) in [5, 5.41) is 13.6. The van der Waals surface area contributed by atoms with E-state index in [2.05, 4.69) is 46.0 Å². The summed E-state index contributed by atoms with van der Waals surface area (Å²) in [5.41, 5.74) is 5.28. The second-order valence-electron chi connectivity index (χ2n) is 18.5. The topological polar surface area (TPSA) is 235 Å². The molecule has 2 fully saturated rings. The number of rotatable bonds is 31. The van der Waals surface area contributed by atoms with Gasteiger partial charge in [-0.3, -0.25) is 34.0 Å². The predicted octanol–water partition coefficient (Wildman–Crippen LogP) is 5.64. The number of aryl methyl sites for hydroxylation is 4. The van der Waals surface area contributed by atoms with Crippen molar-refractivity contribution in [3.05, 3.63) is 85.9 Å². The molecule has 0 spiro atoms. The van der Waals surface area contributed by atoms with Gasteiger partial charge in [-0.2, -0.15) is 4.98 Å². The van der Waals surface area contributed by atoms with E-state index in [1.165, 1.54) is 18.3 Å². The third kappa shape index (κ3) is 17.0. The maximum Gasteiger partial charge on any atom is 0.263 e. The zero-order chi connectivity index (χ0) is 52.9. The Morgan fingerprint density at radius 1 is 0.733 bits per heavy atom. The molecule has 406 valence electrons. The van der Waals surface area contributed by atoms with Crippen molar-refractivity contribution < 1.29 is 42.8 Å². The fourth-order valence-corrected chi connectivity index (χ4v) is 9.70. The number of benzene rings is 1. The number of aromatic nitrogens is 5. The molecule has 7 rings (SSSR count). The minimum absolute atomic E-state index is 0.00136. The quantitative estimate of drug-likeness (QED) is 0.0311. The fourth-order valence-electron chi connectivity index (χ4n) is 8.89. The first kappa shape index (κ1) is 56.7. The molecule has 0 atom stereocenters. The van der Waals surface area contributed by atoms with Crippen molar-refractivity contribution in [2.24, 2.45) is 0 Å². The second-order valence-corrected chi connectivity index (χ2v) is 19.7. The number of pyridine rings is 2. The first-order chi connectivity index (χ1) is 36.4. The Morgan fingerprint density at radius 3 is 1.95 bits per heavy atom. The van der Waals surface area contributed by atoms with E-state index in [-0.39, 0.29) is 34.8 Å². The number of piperazine rings is 1. The molecule has 4 aromatic heterocycles. The summed E-state index contributed by atoms with van der Waals surface area (Å²) < 4.78 is 35.3. The number of Topliss-reactive ketones (excluding diaryl/α,β-unsaturated/α-hetero) is 1. The third-order valence-corrected chi connectivity index (χ3v) is 14.1. The van der Waals surface area contributed by atoms with Gasteiger partial charge >= 0.3 is 0 Å². The summed E-state index contributed by atoms with van der Waals surface area (Å²) in [7, 11) is 0. The number of thiazole rings is 1. The van der Waals surface area contributed by atoms with Crippen molar-refractivity contribution in [1.29, 1.82) is 0 Å². The number of hydrogen-bond donors (Lipinski definition) is 4. The zero-order valence-corrected chi connectivity index (χ0v) is 44.8. The Bertz CT molecular complexity index is 2690. The number of nitrogens with zero attached hydrogens (tertiary/aromatic N) is 7. The van der Waals surface area contributed by atoms with Crippen molar-refractivity contribution in [3.63, 3.8) is 0 Å². The van der Waals surface area contributed by atoms with Crippen LogP contribution in [0, 0.1) is 27.7 Å². The average Bonchev–Trinajstić information content (AvgIpc) is 4.04. The molecule has 1 saturated heterocycles. The van der Waals surface area contributed by atoms with Gasteiger partial charge in [0, 0.05) is 73.0 Å². The molecule has 0 unspecified atom stereocenters. The number of ketones is 1. The van der Waals surface area contributed by atoms with Crippen LogP contribution in [0.4, 0.5) is 28.3 Å². The number of fused-ring (bicyclic) bond motifs is 1. The molecule has 75 heavy (non-hydrogen) atoms. The van der Waals surface area contributed by atoms with Crippen LogP contribution in [0.2, 0.25) is 0 Å². The number of nitrogens with one attached hydrogen (secondary N) is 4. The summed E-state index contributed by atoms with van der Waals surface area (Å²) in [5.74, 6) is 0.423. The Balaban J connectivity index is 0.640. The van der Waals surface area contributed by atoms with Gasteiger partial charge in [-0.15, -0.1) is 11.3 Å². The fraction of sp³-hybridized carbons (Fsp3) is 0.547. The molecule has 2 aliphatic rings. The van der Waals surface area contributed by atoms with Crippen molar-refractivity contribution >= 4 is 68.2 Å². The molecule has 1 saturated carbocycles. The van der Waals surface area contributed by atoms with Gasteiger partial charge in [0.2, 0.25) is 11.9 Å². The summed E-state index contributed by atoms with van der Waals surface area (Å²) in [6.45, 7) is 18.8. The number of amides is 2. The van der Waals surface area contributed by atoms with Gasteiger partial charge in [0.25, 0.3) is 11.5 Å². The van der Waals surface area contributed by atoms with Crippen LogP contribution in [0.15, 0.2) is 47.5 Å². The van der Waals surface area contributed by atoms with Crippen LogP contribution in [0.3, 0.4) is 0 Å². The first-order valence-electron chi connectivity index (χ1n) is 25.9. The van der Waals surface area contributed by atoms with Crippen molar-refractivity contribution in [3.8, 4) is 0 Å². The van der Waals surface area contributed by atoms with E-state index in [0.717, 1.165) is 79.4 Å². The highest BCUT2D eigenvalue weighted by atomic mass is 32.1. The van der Waals surface area contributed by atoms with Gasteiger partial charge in [-0.25, -0.2) is 15.0 Å². The largest absolute Gasteiger partial charge is 0.383 e. The molecule has 0 bridgehead atoms. The Kier molecular flexibility index (Phi) is 22.2. The van der Waals surface area contributed by atoms with Crippen LogP contribution < -0.4 is 31.7 Å². The molecule has 4 N–H and O–H groups in total. The van der Waals surface area contributed by atoms with E-state index in [9.17, 15) is 19.2 Å². The predicted molar refractivity (Wildman–Crippen MR) is 289 cm³/mol. The molecular formula is C53H73N11O10S. The van der Waals surface area contributed by atoms with E-state index >= 15 is 0 Å². The molecule has 5 aromatic rings. The normalized spacial score (nSPS) is 14.2. The highest BCUT2D eigenvalue weighted by Crippen LogP contribution is 2.32. The number of anilines is 5. The first-order valence-corrected chi connectivity index (χ1v) is 26.7. The molecule has 5 heterocycles. The monoisotopic (exact) mass is 1060 g/mol. The molecular weight excluding hydrogens is 983 g/mol. The van der Waals surface area contributed by atoms with Crippen LogP contribution in [-0.2, 0) is 33.2 Å². The number of carbonyl (C=O) groups is 3. The maximum absolute atomic E-state index is 13.6. The van der Waals surface area contributed by atoms with Crippen LogP contribution in [0.5, 0.6) is 0 Å². The van der Waals surface area contributed by atoms with Crippen LogP contribution in [0.25, 0.3) is 11.0 Å². The average molecular weight is 1060 g/mol. The Morgan fingerprint density at radius 2 is 1.36 bits per heavy atom. The molecule has 1 aromatic carbocycles. The van der Waals surface area contributed by atoms with E-state index in [1.807, 2.05) is 57.3 Å². The lowest BCUT2D eigenvalue weighted by Crippen LogP contribution is -2.49. The third-order valence-electron chi connectivity index (χ3n) is 13.1. The number of hydrogen-bond acceptors (Lipinski definition) is 19. The van der Waals surface area contributed by atoms with Crippen molar-refractivity contribution in [1.82, 2.24) is 34.7 Å². The van der Waals surface area contributed by atoms with E-state index < -0.39 is 0 Å². The van der Waals surface area contributed by atoms with Gasteiger partial charge in [-0.1, -0.05) is 18.9 Å². The standard InChI is InChI=1S/C53H73N11O10S/c1-36-10-11-41(32-44(36)50(67)61-53-58-38(3)40(5)75-53)54-14-20-69-22-24-71-26-28-73-30-31-74-29-27-72-25-23-70-21-15-55-47(66)35-62-16-18-63(19-17-62)43-12-13-46(56-33-43)59-52-57-34-45-37(2)48(39(4)65)51(68)64(49(45)60-52)42-8-6-7-9-42/h10-13,32-34,42,54H,6-9,14-31,35H2,1-5H3,(H,55,66)(H,58,61,67)(H,56,57,59,60). The summed E-state index contributed by atoms with van der Waals surface area (Å²) in [6.07, 6.45) is 7.30. The van der Waals surface area contributed by atoms with Gasteiger partial charge < -0.3 is 49.3 Å². The lowest BCUT2D eigenvalue weighted by molar-refractivity contribution is -0.122. The molecule has 1 aliphatic heterocycles. The van der Waals surface area contributed by atoms with E-state index in [4.69, 9.17) is 33.4 Å². The zero-order valence-electron chi connectivity index (χ0n) is 44.0. The second kappa shape index (κ2) is 29.4. The minimum atomic E-state index is -0.284. The molecule has 21 nitrogen and oxygen atoms in total. The van der Waals surface area contributed by atoms with E-state index in [1.54, 1.807) is 17.7 Å².